The van der Waals surface area contributed by atoms with Crippen LogP contribution in [0.4, 0.5) is 17.2 Å². The van der Waals surface area contributed by atoms with Crippen LogP contribution < -0.4 is 25.2 Å². The molecule has 5 aliphatic rings. The van der Waals surface area contributed by atoms with E-state index in [1.54, 1.807) is 0 Å². The third-order valence-electron chi connectivity index (χ3n) is 10.5. The lowest BCUT2D eigenvalue weighted by Gasteiger charge is -2.38. The number of rotatable bonds is 9. The third kappa shape index (κ3) is 6.08. The number of nitriles is 1. The van der Waals surface area contributed by atoms with E-state index < -0.39 is 0 Å². The van der Waals surface area contributed by atoms with Crippen molar-refractivity contribution in [3.05, 3.63) is 34.5 Å². The van der Waals surface area contributed by atoms with Crippen LogP contribution >= 0.6 is 0 Å². The number of benzene rings is 1. The number of likely N-dealkylation sites (tertiary alicyclic amines) is 1. The van der Waals surface area contributed by atoms with Gasteiger partial charge in [0.25, 0.3) is 0 Å². The summed E-state index contributed by atoms with van der Waals surface area (Å²) in [4.78, 5) is 17.4. The summed E-state index contributed by atoms with van der Waals surface area (Å²) in [6.45, 7) is 7.82. The predicted molar refractivity (Wildman–Crippen MR) is 176 cm³/mol. The summed E-state index contributed by atoms with van der Waals surface area (Å²) < 4.78 is 12.8. The first kappa shape index (κ1) is 30.2. The van der Waals surface area contributed by atoms with Crippen LogP contribution in [0.15, 0.2) is 12.1 Å². The van der Waals surface area contributed by atoms with Gasteiger partial charge in [0.2, 0.25) is 0 Å². The monoisotopic (exact) mass is 613 g/mol. The summed E-state index contributed by atoms with van der Waals surface area (Å²) in [6, 6.07) is 7.56. The summed E-state index contributed by atoms with van der Waals surface area (Å²) in [5, 5.41) is 24.9. The average molecular weight is 614 g/mol. The minimum Gasteiger partial charge on any atom is -0.455 e. The van der Waals surface area contributed by atoms with E-state index in [-0.39, 0.29) is 17.9 Å². The molecule has 5 heterocycles. The van der Waals surface area contributed by atoms with E-state index in [9.17, 15) is 5.26 Å². The van der Waals surface area contributed by atoms with Gasteiger partial charge in [0.05, 0.1) is 30.4 Å². The molecule has 0 amide bonds. The fourth-order valence-corrected chi connectivity index (χ4v) is 7.97. The lowest BCUT2D eigenvalue weighted by atomic mass is 9.99. The van der Waals surface area contributed by atoms with E-state index in [0.717, 1.165) is 118 Å². The molecule has 7 rings (SSSR count). The zero-order valence-electron chi connectivity index (χ0n) is 26.8. The zero-order valence-corrected chi connectivity index (χ0v) is 26.8. The van der Waals surface area contributed by atoms with Crippen LogP contribution in [-0.4, -0.2) is 91.4 Å². The normalized spacial score (nSPS) is 26.2. The number of aromatic nitrogens is 2. The highest BCUT2D eigenvalue weighted by atomic mass is 16.5. The molecule has 1 aromatic heterocycles. The highest BCUT2D eigenvalue weighted by Crippen LogP contribution is 2.48. The van der Waals surface area contributed by atoms with Gasteiger partial charge in [0.1, 0.15) is 17.6 Å². The molecule has 2 aromatic rings. The van der Waals surface area contributed by atoms with Crippen LogP contribution in [-0.2, 0) is 17.7 Å². The van der Waals surface area contributed by atoms with E-state index in [4.69, 9.17) is 24.9 Å². The van der Waals surface area contributed by atoms with Crippen LogP contribution in [0.25, 0.3) is 0 Å². The van der Waals surface area contributed by atoms with Crippen LogP contribution in [0.5, 0.6) is 6.01 Å². The number of likely N-dealkylation sites (N-methyl/N-ethyl adjacent to an activating group) is 1. The number of fused-ring (bicyclic) bond motifs is 1. The molecule has 1 saturated carbocycles. The summed E-state index contributed by atoms with van der Waals surface area (Å²) in [5.74, 6) is 0.962. The zero-order chi connectivity index (χ0) is 31.0. The first-order valence-electron chi connectivity index (χ1n) is 16.9. The standard InChI is InChI=1S/C34H47N9O2/c1-23-8-9-27(38-30-7-3-4-19-44-30)26(20-36)31(23)42-17-11-25-28(22-42)39-33(45-34(12-13-34)29-6-5-16-41(29)2)40-32(25)43-18-15-37-24(21-43)10-14-35/h8-9,20,24,29-30,36-38H,3-7,10-13,15-19,21-22H2,1-2H3. The van der Waals surface area contributed by atoms with E-state index in [1.165, 1.54) is 18.2 Å². The Labute approximate surface area is 266 Å². The fourth-order valence-electron chi connectivity index (χ4n) is 7.97. The summed E-state index contributed by atoms with van der Waals surface area (Å²) in [7, 11) is 2.21. The molecule has 4 fully saturated rings. The quantitative estimate of drug-likeness (QED) is 0.358. The number of hydrogen-bond acceptors (Lipinski definition) is 11. The summed E-state index contributed by atoms with van der Waals surface area (Å²) in [5.41, 5.74) is 6.01. The average Bonchev–Trinajstić information content (AvgIpc) is 3.69. The van der Waals surface area contributed by atoms with Crippen molar-refractivity contribution < 1.29 is 9.47 Å². The molecule has 0 radical (unpaired) electrons. The molecule has 45 heavy (non-hydrogen) atoms. The Balaban J connectivity index is 1.22. The number of ether oxygens (including phenoxy) is 2. The highest BCUT2D eigenvalue weighted by Gasteiger charge is 2.55. The second-order valence-electron chi connectivity index (χ2n) is 13.5. The molecule has 0 bridgehead atoms. The molecule has 11 heteroatoms. The van der Waals surface area contributed by atoms with Gasteiger partial charge in [0.15, 0.2) is 0 Å². The molecule has 3 saturated heterocycles. The predicted octanol–water partition coefficient (Wildman–Crippen LogP) is 3.98. The number of aryl methyl sites for hydroxylation is 1. The molecule has 3 atom stereocenters. The van der Waals surface area contributed by atoms with Crippen molar-refractivity contribution in [2.75, 3.05) is 61.5 Å². The second-order valence-corrected chi connectivity index (χ2v) is 13.5. The highest BCUT2D eigenvalue weighted by molar-refractivity contribution is 5.95. The lowest BCUT2D eigenvalue weighted by molar-refractivity contribution is 0.0343. The molecular weight excluding hydrogens is 566 g/mol. The van der Waals surface area contributed by atoms with Crippen molar-refractivity contribution in [1.82, 2.24) is 20.2 Å². The Bertz CT molecular complexity index is 1450. The fraction of sp³-hybridized carbons (Fsp3) is 0.647. The van der Waals surface area contributed by atoms with Crippen LogP contribution in [0.1, 0.15) is 73.8 Å². The van der Waals surface area contributed by atoms with Gasteiger partial charge in [-0.1, -0.05) is 6.07 Å². The number of piperazine rings is 1. The minimum absolute atomic E-state index is 0.0253. The smallest absolute Gasteiger partial charge is 0.319 e. The van der Waals surface area contributed by atoms with Gasteiger partial charge in [0, 0.05) is 67.9 Å². The summed E-state index contributed by atoms with van der Waals surface area (Å²) in [6.07, 6.45) is 10.4. The molecule has 3 unspecified atom stereocenters. The number of nitrogens with zero attached hydrogens (tertiary/aromatic N) is 6. The van der Waals surface area contributed by atoms with Crippen molar-refractivity contribution >= 4 is 23.4 Å². The number of hydrogen-bond donors (Lipinski definition) is 3. The minimum atomic E-state index is -0.205. The van der Waals surface area contributed by atoms with Gasteiger partial charge in [-0.25, -0.2) is 0 Å². The van der Waals surface area contributed by atoms with Crippen LogP contribution in [0.3, 0.4) is 0 Å². The van der Waals surface area contributed by atoms with Gasteiger partial charge >= 0.3 is 6.01 Å². The van der Waals surface area contributed by atoms with Crippen molar-refractivity contribution in [3.63, 3.8) is 0 Å². The van der Waals surface area contributed by atoms with Crippen molar-refractivity contribution in [1.29, 1.82) is 10.7 Å². The number of anilines is 3. The van der Waals surface area contributed by atoms with Gasteiger partial charge in [-0.05, 0) is 83.5 Å². The van der Waals surface area contributed by atoms with Crippen molar-refractivity contribution in [2.45, 2.75) is 95.2 Å². The molecule has 4 aliphatic heterocycles. The molecule has 1 aliphatic carbocycles. The topological polar surface area (TPSA) is 126 Å². The molecule has 3 N–H and O–H groups in total. The maximum atomic E-state index is 9.39. The van der Waals surface area contributed by atoms with Crippen molar-refractivity contribution in [3.8, 4) is 12.1 Å². The third-order valence-corrected chi connectivity index (χ3v) is 10.5. The molecule has 1 aromatic carbocycles. The van der Waals surface area contributed by atoms with E-state index >= 15 is 0 Å². The van der Waals surface area contributed by atoms with Gasteiger partial charge in [-0.3, -0.25) is 4.90 Å². The Kier molecular flexibility index (Phi) is 8.55. The maximum Gasteiger partial charge on any atom is 0.319 e. The Hall–Kier alpha value is -3.46. The first-order valence-corrected chi connectivity index (χ1v) is 16.9. The van der Waals surface area contributed by atoms with E-state index in [2.05, 4.69) is 57.5 Å². The largest absolute Gasteiger partial charge is 0.455 e. The number of nitrogens with one attached hydrogen (secondary N) is 3. The van der Waals surface area contributed by atoms with Gasteiger partial charge < -0.3 is 35.3 Å². The van der Waals surface area contributed by atoms with Crippen LogP contribution in [0, 0.1) is 23.7 Å². The Morgan fingerprint density at radius 1 is 1.18 bits per heavy atom. The van der Waals surface area contributed by atoms with Crippen molar-refractivity contribution in [2.24, 2.45) is 0 Å². The van der Waals surface area contributed by atoms with Gasteiger partial charge in [-0.2, -0.15) is 15.2 Å². The second kappa shape index (κ2) is 12.7. The Morgan fingerprint density at radius 2 is 2.07 bits per heavy atom. The van der Waals surface area contributed by atoms with E-state index in [1.807, 2.05) is 0 Å². The Morgan fingerprint density at radius 3 is 2.80 bits per heavy atom. The van der Waals surface area contributed by atoms with E-state index in [0.29, 0.717) is 25.0 Å². The van der Waals surface area contributed by atoms with Gasteiger partial charge in [-0.15, -0.1) is 0 Å². The maximum absolute atomic E-state index is 9.39. The molecular formula is C34H47N9O2. The summed E-state index contributed by atoms with van der Waals surface area (Å²) >= 11 is 0. The molecule has 240 valence electrons. The first-order chi connectivity index (χ1) is 22.0. The van der Waals surface area contributed by atoms with Crippen LogP contribution in [0.2, 0.25) is 0 Å². The SMILES string of the molecule is Cc1ccc(NC2CCCCO2)c(C=N)c1N1CCc2c(nc(OC3(C4CCCN4C)CC3)nc2N2CCNC(CC#N)C2)C1. The molecule has 11 nitrogen and oxygen atoms in total. The molecule has 0 spiro atoms. The lowest BCUT2D eigenvalue weighted by Crippen LogP contribution is -2.51.